The maximum atomic E-state index is 11.5. The Morgan fingerprint density at radius 3 is 1.86 bits per heavy atom. The van der Waals surface area contributed by atoms with Crippen molar-refractivity contribution >= 4 is 5.97 Å². The lowest BCUT2D eigenvalue weighted by Gasteiger charge is -2.09. The van der Waals surface area contributed by atoms with Gasteiger partial charge >= 0.3 is 5.97 Å². The number of ether oxygens (including phenoxy) is 3. The highest BCUT2D eigenvalue weighted by Gasteiger charge is 2.12. The minimum Gasteiger partial charge on any atom is -0.487 e. The third kappa shape index (κ3) is 8.49. The molecular weight excluding hydrogens is 448 g/mol. The second-order valence-corrected chi connectivity index (χ2v) is 6.80. The number of esters is 1. The Kier molecular flexibility index (Phi) is 11.3. The zero-order valence-corrected chi connectivity index (χ0v) is 18.6. The number of carbonyl (C=O) groups excluding carboxylic acids is 1. The SMILES string of the molecule is C.COC(=O)c1ccncc1OCc1cccnc1.OCc1ccncc1OCc1cccnc1. The van der Waals surface area contributed by atoms with Crippen molar-refractivity contribution in [2.45, 2.75) is 27.2 Å². The van der Waals surface area contributed by atoms with Gasteiger partial charge in [0.1, 0.15) is 24.5 Å². The van der Waals surface area contributed by atoms with Gasteiger partial charge in [0.05, 0.1) is 26.1 Å². The van der Waals surface area contributed by atoms with Crippen molar-refractivity contribution in [1.82, 2.24) is 19.9 Å². The standard InChI is InChI=1S/C13H12N2O3.C12H12N2O2.CH4/c1-17-13(16)11-4-6-15-8-12(11)18-9-10-3-2-5-14-7-10;15-8-11-3-5-14-7-12(11)16-9-10-2-1-4-13-6-10;/h2-8H,9H2,1H3;1-7,15H,8-9H2;1H4. The van der Waals surface area contributed by atoms with E-state index in [-0.39, 0.29) is 14.0 Å². The Morgan fingerprint density at radius 2 is 1.31 bits per heavy atom. The lowest BCUT2D eigenvalue weighted by molar-refractivity contribution is 0.0595. The normalized spacial score (nSPS) is 9.66. The van der Waals surface area contributed by atoms with E-state index < -0.39 is 5.97 Å². The molecule has 0 bridgehead atoms. The van der Waals surface area contributed by atoms with Crippen LogP contribution in [0.3, 0.4) is 0 Å². The third-order valence-corrected chi connectivity index (χ3v) is 4.46. The van der Waals surface area contributed by atoms with E-state index in [0.717, 1.165) is 16.7 Å². The Labute approximate surface area is 204 Å². The van der Waals surface area contributed by atoms with Crippen LogP contribution < -0.4 is 9.47 Å². The summed E-state index contributed by atoms with van der Waals surface area (Å²) >= 11 is 0. The van der Waals surface area contributed by atoms with E-state index in [9.17, 15) is 4.79 Å². The van der Waals surface area contributed by atoms with Crippen molar-refractivity contribution in [3.8, 4) is 11.5 Å². The number of carbonyl (C=O) groups is 1. The average molecular weight is 477 g/mol. The molecule has 0 spiro atoms. The molecule has 1 N–H and O–H groups in total. The minimum atomic E-state index is -0.446. The van der Waals surface area contributed by atoms with Crippen molar-refractivity contribution in [2.24, 2.45) is 0 Å². The summed E-state index contributed by atoms with van der Waals surface area (Å²) in [4.78, 5) is 27.4. The molecule has 0 aliphatic heterocycles. The number of methoxy groups -OCH3 is 1. The Bertz CT molecular complexity index is 1160. The first-order valence-electron chi connectivity index (χ1n) is 10.3. The number of pyridine rings is 4. The van der Waals surface area contributed by atoms with Gasteiger partial charge in [-0.2, -0.15) is 0 Å². The number of aliphatic hydroxyl groups is 1. The van der Waals surface area contributed by atoms with E-state index in [1.54, 1.807) is 49.3 Å². The number of rotatable bonds is 8. The summed E-state index contributed by atoms with van der Waals surface area (Å²) in [7, 11) is 1.33. The van der Waals surface area contributed by atoms with Crippen molar-refractivity contribution in [3.05, 3.63) is 108 Å². The van der Waals surface area contributed by atoms with Gasteiger partial charge in [-0.25, -0.2) is 4.79 Å². The zero-order chi connectivity index (χ0) is 24.0. The fourth-order valence-corrected chi connectivity index (χ4v) is 2.73. The first-order valence-corrected chi connectivity index (χ1v) is 10.3. The lowest BCUT2D eigenvalue weighted by Crippen LogP contribution is -2.06. The minimum absolute atomic E-state index is 0. The van der Waals surface area contributed by atoms with Crippen molar-refractivity contribution in [3.63, 3.8) is 0 Å². The maximum Gasteiger partial charge on any atom is 0.341 e. The number of aromatic nitrogens is 4. The summed E-state index contributed by atoms with van der Waals surface area (Å²) in [6.07, 6.45) is 13.1. The lowest BCUT2D eigenvalue weighted by atomic mass is 10.2. The fraction of sp³-hybridized carbons (Fsp3) is 0.192. The number of hydrogen-bond donors (Lipinski definition) is 1. The molecule has 4 aromatic rings. The monoisotopic (exact) mass is 476 g/mol. The van der Waals surface area contributed by atoms with Gasteiger partial charge in [0, 0.05) is 53.9 Å². The molecule has 0 radical (unpaired) electrons. The molecule has 9 heteroatoms. The molecule has 0 fully saturated rings. The molecule has 0 aliphatic rings. The zero-order valence-electron chi connectivity index (χ0n) is 18.6. The van der Waals surface area contributed by atoms with Crippen LogP contribution in [0, 0.1) is 0 Å². The van der Waals surface area contributed by atoms with E-state index in [1.807, 2.05) is 24.3 Å². The van der Waals surface area contributed by atoms with Crippen molar-refractivity contribution in [2.75, 3.05) is 7.11 Å². The van der Waals surface area contributed by atoms with Crippen LogP contribution in [0.4, 0.5) is 0 Å². The highest BCUT2D eigenvalue weighted by molar-refractivity contribution is 5.92. The van der Waals surface area contributed by atoms with Crippen LogP contribution in [-0.4, -0.2) is 38.1 Å². The molecule has 182 valence electrons. The molecular formula is C26H28N4O5. The molecule has 0 saturated heterocycles. The molecule has 4 heterocycles. The van der Waals surface area contributed by atoms with Crippen molar-refractivity contribution < 1.29 is 24.1 Å². The number of hydrogen-bond acceptors (Lipinski definition) is 9. The summed E-state index contributed by atoms with van der Waals surface area (Å²) in [6.45, 7) is 0.695. The maximum absolute atomic E-state index is 11.5. The largest absolute Gasteiger partial charge is 0.487 e. The Morgan fingerprint density at radius 1 is 0.771 bits per heavy atom. The smallest absolute Gasteiger partial charge is 0.341 e. The van der Waals surface area contributed by atoms with Gasteiger partial charge in [-0.15, -0.1) is 0 Å². The van der Waals surface area contributed by atoms with Gasteiger partial charge in [0.15, 0.2) is 5.75 Å². The highest BCUT2D eigenvalue weighted by Crippen LogP contribution is 2.19. The predicted molar refractivity (Wildman–Crippen MR) is 130 cm³/mol. The summed E-state index contributed by atoms with van der Waals surface area (Å²) in [5.41, 5.74) is 2.99. The Hall–Kier alpha value is -4.37. The number of aliphatic hydroxyl groups excluding tert-OH is 1. The van der Waals surface area contributed by atoms with E-state index in [4.69, 9.17) is 14.6 Å². The molecule has 35 heavy (non-hydrogen) atoms. The summed E-state index contributed by atoms with van der Waals surface area (Å²) in [5.74, 6) is 0.556. The van der Waals surface area contributed by atoms with Crippen LogP contribution in [0.15, 0.2) is 86.0 Å². The second-order valence-electron chi connectivity index (χ2n) is 6.80. The van der Waals surface area contributed by atoms with E-state index in [2.05, 4.69) is 24.7 Å². The van der Waals surface area contributed by atoms with Crippen LogP contribution >= 0.6 is 0 Å². The molecule has 0 amide bonds. The first kappa shape index (κ1) is 26.9. The second kappa shape index (κ2) is 14.7. The van der Waals surface area contributed by atoms with Crippen LogP contribution in [0.1, 0.15) is 34.5 Å². The van der Waals surface area contributed by atoms with Crippen LogP contribution in [-0.2, 0) is 24.6 Å². The molecule has 0 atom stereocenters. The molecule has 0 saturated carbocycles. The predicted octanol–water partition coefficient (Wildman–Crippen LogP) is 4.03. The van der Waals surface area contributed by atoms with Gasteiger partial charge in [-0.1, -0.05) is 19.6 Å². The fourth-order valence-electron chi connectivity index (χ4n) is 2.73. The van der Waals surface area contributed by atoms with Crippen molar-refractivity contribution in [1.29, 1.82) is 0 Å². The number of nitrogens with zero attached hydrogens (tertiary/aromatic N) is 4. The molecule has 0 unspecified atom stereocenters. The van der Waals surface area contributed by atoms with Gasteiger partial charge in [-0.05, 0) is 24.3 Å². The molecule has 4 rings (SSSR count). The van der Waals surface area contributed by atoms with E-state index >= 15 is 0 Å². The highest BCUT2D eigenvalue weighted by atomic mass is 16.5. The summed E-state index contributed by atoms with van der Waals surface area (Å²) in [5, 5.41) is 9.10. The van der Waals surface area contributed by atoms with Crippen LogP contribution in [0.5, 0.6) is 11.5 Å². The van der Waals surface area contributed by atoms with Gasteiger partial charge in [0.25, 0.3) is 0 Å². The topological polar surface area (TPSA) is 117 Å². The van der Waals surface area contributed by atoms with Crippen LogP contribution in [0.2, 0.25) is 0 Å². The third-order valence-electron chi connectivity index (χ3n) is 4.46. The van der Waals surface area contributed by atoms with Gasteiger partial charge < -0.3 is 19.3 Å². The molecule has 9 nitrogen and oxygen atoms in total. The average Bonchev–Trinajstić information content (AvgIpc) is 2.92. The molecule has 4 aromatic heterocycles. The summed E-state index contributed by atoms with van der Waals surface area (Å²) < 4.78 is 15.8. The quantitative estimate of drug-likeness (QED) is 0.376. The van der Waals surface area contributed by atoms with Crippen LogP contribution in [0.25, 0.3) is 0 Å². The first-order chi connectivity index (χ1) is 16.7. The summed E-state index contributed by atoms with van der Waals surface area (Å²) in [6, 6.07) is 10.8. The van der Waals surface area contributed by atoms with E-state index in [1.165, 1.54) is 19.5 Å². The molecule has 0 aromatic carbocycles. The molecule has 0 aliphatic carbocycles. The van der Waals surface area contributed by atoms with E-state index in [0.29, 0.717) is 30.3 Å². The van der Waals surface area contributed by atoms with Gasteiger partial charge in [0.2, 0.25) is 0 Å². The Balaban J connectivity index is 0.000000241. The van der Waals surface area contributed by atoms with Gasteiger partial charge in [-0.3, -0.25) is 19.9 Å².